The van der Waals surface area contributed by atoms with E-state index in [0.717, 1.165) is 30.4 Å². The van der Waals surface area contributed by atoms with Crippen molar-refractivity contribution in [3.63, 3.8) is 0 Å². The van der Waals surface area contributed by atoms with Crippen LogP contribution in [0.2, 0.25) is 0 Å². The van der Waals surface area contributed by atoms with Gasteiger partial charge in [0.25, 0.3) is 0 Å². The summed E-state index contributed by atoms with van der Waals surface area (Å²) in [5.41, 5.74) is 3.46. The highest BCUT2D eigenvalue weighted by molar-refractivity contribution is 5.40. The number of aryl methyl sites for hydroxylation is 1. The van der Waals surface area contributed by atoms with Crippen molar-refractivity contribution < 1.29 is 9.84 Å². The molecule has 1 aromatic rings. The summed E-state index contributed by atoms with van der Waals surface area (Å²) in [5.74, 6) is 3.20. The van der Waals surface area contributed by atoms with Crippen molar-refractivity contribution in [1.29, 1.82) is 0 Å². The molecule has 0 aliphatic heterocycles. The maximum Gasteiger partial charge on any atom is 0.119 e. The molecule has 21 heavy (non-hydrogen) atoms. The smallest absolute Gasteiger partial charge is 0.119 e. The van der Waals surface area contributed by atoms with Gasteiger partial charge in [0.2, 0.25) is 0 Å². The van der Waals surface area contributed by atoms with E-state index in [1.165, 1.54) is 31.2 Å². The molecule has 2 saturated carbocycles. The van der Waals surface area contributed by atoms with E-state index in [2.05, 4.69) is 25.1 Å². The minimum atomic E-state index is -0.0592. The van der Waals surface area contributed by atoms with E-state index in [1.54, 1.807) is 12.7 Å². The fraction of sp³-hybridized carbons (Fsp3) is 0.684. The van der Waals surface area contributed by atoms with Crippen LogP contribution in [0.5, 0.6) is 5.75 Å². The van der Waals surface area contributed by atoms with Crippen molar-refractivity contribution in [2.75, 3.05) is 7.11 Å². The predicted molar refractivity (Wildman–Crippen MR) is 83.6 cm³/mol. The van der Waals surface area contributed by atoms with Gasteiger partial charge in [0.05, 0.1) is 13.2 Å². The molecule has 0 amide bonds. The van der Waals surface area contributed by atoms with Crippen LogP contribution in [0.1, 0.15) is 56.1 Å². The molecule has 4 rings (SSSR count). The number of aliphatic hydroxyl groups excluding tert-OH is 1. The second-order valence-electron chi connectivity index (χ2n) is 7.77. The molecule has 0 radical (unpaired) electrons. The number of hydrogen-bond donors (Lipinski definition) is 1. The topological polar surface area (TPSA) is 29.5 Å². The molecule has 114 valence electrons. The fourth-order valence-electron chi connectivity index (χ4n) is 5.71. The largest absolute Gasteiger partial charge is 0.497 e. The van der Waals surface area contributed by atoms with E-state index in [9.17, 15) is 5.11 Å². The lowest BCUT2D eigenvalue weighted by Gasteiger charge is -2.49. The first kappa shape index (κ1) is 13.6. The van der Waals surface area contributed by atoms with Gasteiger partial charge in [-0.1, -0.05) is 13.0 Å². The highest BCUT2D eigenvalue weighted by Crippen LogP contribution is 2.60. The number of ether oxygens (including phenoxy) is 1. The molecule has 1 aromatic carbocycles. The van der Waals surface area contributed by atoms with Crippen LogP contribution in [0.3, 0.4) is 0 Å². The number of fused-ring (bicyclic) bond motifs is 5. The summed E-state index contributed by atoms with van der Waals surface area (Å²) in [4.78, 5) is 0. The van der Waals surface area contributed by atoms with Gasteiger partial charge in [-0.2, -0.15) is 0 Å². The van der Waals surface area contributed by atoms with Crippen molar-refractivity contribution in [3.05, 3.63) is 29.3 Å². The van der Waals surface area contributed by atoms with Gasteiger partial charge < -0.3 is 9.84 Å². The molecule has 2 heteroatoms. The van der Waals surface area contributed by atoms with Gasteiger partial charge in [-0.25, -0.2) is 0 Å². The molecule has 0 heterocycles. The van der Waals surface area contributed by atoms with Crippen LogP contribution in [0.25, 0.3) is 0 Å². The number of rotatable bonds is 1. The van der Waals surface area contributed by atoms with Crippen molar-refractivity contribution in [1.82, 2.24) is 0 Å². The Morgan fingerprint density at radius 1 is 1.29 bits per heavy atom. The molecule has 0 saturated heterocycles. The SMILES string of the molecule is COc1ccc2c(c1)CC[C@@H]1[C@@H]2CC[C@]2(C)C[C@H](O)C[C@@H]12. The van der Waals surface area contributed by atoms with E-state index in [0.29, 0.717) is 11.3 Å². The van der Waals surface area contributed by atoms with E-state index in [1.807, 2.05) is 0 Å². The summed E-state index contributed by atoms with van der Waals surface area (Å²) in [6.45, 7) is 2.42. The Labute approximate surface area is 127 Å². The monoisotopic (exact) mass is 286 g/mol. The number of aliphatic hydroxyl groups is 1. The van der Waals surface area contributed by atoms with E-state index >= 15 is 0 Å². The lowest BCUT2D eigenvalue weighted by atomic mass is 9.56. The maximum atomic E-state index is 10.2. The lowest BCUT2D eigenvalue weighted by Crippen LogP contribution is -2.39. The standard InChI is InChI=1S/C19H26O2/c1-19-8-7-16-15-6-4-14(21-2)9-12(15)3-5-17(16)18(19)10-13(20)11-19/h4,6,9,13,16-18,20H,3,5,7-8,10-11H2,1-2H3/t13-,16-,17-,18+,19-/m1/s1. The third-order valence-electron chi connectivity index (χ3n) is 6.68. The van der Waals surface area contributed by atoms with Crippen LogP contribution in [0.4, 0.5) is 0 Å². The van der Waals surface area contributed by atoms with Crippen LogP contribution in [-0.4, -0.2) is 18.3 Å². The summed E-state index contributed by atoms with van der Waals surface area (Å²) in [7, 11) is 1.75. The normalized spacial score (nSPS) is 41.1. The van der Waals surface area contributed by atoms with Crippen LogP contribution >= 0.6 is 0 Å². The Hall–Kier alpha value is -1.02. The number of methoxy groups -OCH3 is 1. The summed E-state index contributed by atoms with van der Waals surface area (Å²) >= 11 is 0. The molecule has 2 fully saturated rings. The van der Waals surface area contributed by atoms with Crippen molar-refractivity contribution >= 4 is 0 Å². The first-order chi connectivity index (χ1) is 10.1. The third-order valence-corrected chi connectivity index (χ3v) is 6.68. The molecule has 0 spiro atoms. The van der Waals surface area contributed by atoms with Gasteiger partial charge in [0.1, 0.15) is 5.75 Å². The van der Waals surface area contributed by atoms with Gasteiger partial charge in [-0.3, -0.25) is 0 Å². The van der Waals surface area contributed by atoms with Crippen molar-refractivity contribution in [2.45, 2.75) is 57.5 Å². The van der Waals surface area contributed by atoms with Crippen LogP contribution in [0, 0.1) is 17.3 Å². The Kier molecular flexibility index (Phi) is 3.08. The highest BCUT2D eigenvalue weighted by Gasteiger charge is 2.52. The first-order valence-electron chi connectivity index (χ1n) is 8.45. The molecule has 2 nitrogen and oxygen atoms in total. The summed E-state index contributed by atoms with van der Waals surface area (Å²) in [6, 6.07) is 6.67. The first-order valence-corrected chi connectivity index (χ1v) is 8.45. The molecule has 0 aromatic heterocycles. The minimum absolute atomic E-state index is 0.0592. The highest BCUT2D eigenvalue weighted by atomic mass is 16.5. The third kappa shape index (κ3) is 2.03. The Morgan fingerprint density at radius 3 is 2.95 bits per heavy atom. The molecule has 1 N–H and O–H groups in total. The lowest BCUT2D eigenvalue weighted by molar-refractivity contribution is 0.0596. The van der Waals surface area contributed by atoms with Crippen LogP contribution < -0.4 is 4.74 Å². The zero-order valence-corrected chi connectivity index (χ0v) is 13.1. The Balaban J connectivity index is 1.68. The second kappa shape index (κ2) is 4.74. The fourth-order valence-corrected chi connectivity index (χ4v) is 5.71. The summed E-state index contributed by atoms with van der Waals surface area (Å²) in [5, 5.41) is 10.2. The maximum absolute atomic E-state index is 10.2. The average molecular weight is 286 g/mol. The molecular weight excluding hydrogens is 260 g/mol. The van der Waals surface area contributed by atoms with Crippen molar-refractivity contribution in [2.24, 2.45) is 17.3 Å². The average Bonchev–Trinajstić information content (AvgIpc) is 2.80. The predicted octanol–water partition coefficient (Wildman–Crippen LogP) is 3.91. The molecule has 0 bridgehead atoms. The van der Waals surface area contributed by atoms with Gasteiger partial charge in [0, 0.05) is 0 Å². The second-order valence-corrected chi connectivity index (χ2v) is 7.77. The Morgan fingerprint density at radius 2 is 2.14 bits per heavy atom. The molecule has 5 atom stereocenters. The van der Waals surface area contributed by atoms with E-state index in [-0.39, 0.29) is 6.10 Å². The number of benzene rings is 1. The Bertz CT molecular complexity index is 552. The summed E-state index contributed by atoms with van der Waals surface area (Å²) < 4.78 is 5.38. The zero-order chi connectivity index (χ0) is 14.6. The van der Waals surface area contributed by atoms with Gasteiger partial charge >= 0.3 is 0 Å². The van der Waals surface area contributed by atoms with Gasteiger partial charge in [-0.05, 0) is 85.0 Å². The van der Waals surface area contributed by atoms with Gasteiger partial charge in [0.15, 0.2) is 0 Å². The van der Waals surface area contributed by atoms with Crippen molar-refractivity contribution in [3.8, 4) is 5.75 Å². The van der Waals surface area contributed by atoms with E-state index < -0.39 is 0 Å². The van der Waals surface area contributed by atoms with Crippen LogP contribution in [0.15, 0.2) is 18.2 Å². The molecule has 0 unspecified atom stereocenters. The molecule has 3 aliphatic carbocycles. The van der Waals surface area contributed by atoms with E-state index in [4.69, 9.17) is 4.74 Å². The number of hydrogen-bond acceptors (Lipinski definition) is 2. The molecular formula is C19H26O2. The molecule has 3 aliphatic rings. The van der Waals surface area contributed by atoms with Gasteiger partial charge in [-0.15, -0.1) is 0 Å². The quantitative estimate of drug-likeness (QED) is 0.848. The minimum Gasteiger partial charge on any atom is -0.497 e. The zero-order valence-electron chi connectivity index (χ0n) is 13.1. The summed E-state index contributed by atoms with van der Waals surface area (Å²) in [6.07, 6.45) is 7.04. The van der Waals surface area contributed by atoms with Crippen LogP contribution in [-0.2, 0) is 6.42 Å².